The number of pyridine rings is 1. The highest BCUT2D eigenvalue weighted by Gasteiger charge is 2.26. The lowest BCUT2D eigenvalue weighted by Crippen LogP contribution is -2.96. The molecule has 0 fully saturated rings. The molecule has 0 saturated carbocycles. The van der Waals surface area contributed by atoms with E-state index in [1.54, 1.807) is 0 Å². The van der Waals surface area contributed by atoms with Gasteiger partial charge in [-0.25, -0.2) is 0 Å². The molecule has 15 rings (SSSR count). The van der Waals surface area contributed by atoms with Crippen LogP contribution in [0.1, 0.15) is 22.3 Å². The Morgan fingerprint density at radius 3 is 1.20 bits per heavy atom. The number of aryl methyl sites for hydroxylation is 2. The zero-order chi connectivity index (χ0) is 51.3. The molecule has 0 aliphatic carbocycles. The van der Waals surface area contributed by atoms with E-state index in [-0.39, 0.29) is 6.79 Å². The van der Waals surface area contributed by atoms with E-state index in [0.717, 1.165) is 48.2 Å². The summed E-state index contributed by atoms with van der Waals surface area (Å²) < 4.78 is 11.1. The Morgan fingerprint density at radius 2 is 0.720 bits per heavy atom. The molecule has 10 aromatic rings. The van der Waals surface area contributed by atoms with E-state index in [1.807, 2.05) is 95.7 Å². The summed E-state index contributed by atoms with van der Waals surface area (Å²) in [5, 5.41) is 7.14. The molecule has 1 unspecified atom stereocenters. The fraction of sp³-hybridized carbons (Fsp3) is 0.0462. The topological polar surface area (TPSA) is 53.6 Å². The van der Waals surface area contributed by atoms with Crippen LogP contribution >= 0.6 is 22.7 Å². The maximum Gasteiger partial charge on any atom is 0.231 e. The molecule has 0 amide bonds. The lowest BCUT2D eigenvalue weighted by Gasteiger charge is -2.26. The van der Waals surface area contributed by atoms with Gasteiger partial charge in [-0.3, -0.25) is 4.98 Å². The molecule has 8 nitrogen and oxygen atoms in total. The van der Waals surface area contributed by atoms with Crippen molar-refractivity contribution < 1.29 is 34.0 Å². The molecule has 0 radical (unpaired) electrons. The van der Waals surface area contributed by atoms with Gasteiger partial charge < -0.3 is 34.0 Å². The van der Waals surface area contributed by atoms with E-state index >= 15 is 0 Å². The number of hydrogen-bond donors (Lipinski definition) is 5. The largest absolute Gasteiger partial charge is 0.451 e. The molecule has 8 heterocycles. The molecule has 5 aliphatic heterocycles. The highest BCUT2D eigenvalue weighted by Crippen LogP contribution is 2.37. The zero-order valence-corrected chi connectivity index (χ0v) is 43.2. The van der Waals surface area contributed by atoms with Crippen molar-refractivity contribution in [2.45, 2.75) is 12.8 Å². The summed E-state index contributed by atoms with van der Waals surface area (Å²) in [5.74, 6) is 1.62. The van der Waals surface area contributed by atoms with Crippen molar-refractivity contribution in [2.75, 3.05) is 6.79 Å². The van der Waals surface area contributed by atoms with Gasteiger partial charge in [-0.05, 0) is 127 Å². The minimum absolute atomic E-state index is 0.224. The van der Waals surface area contributed by atoms with Gasteiger partial charge in [-0.2, -0.15) is 0 Å². The number of benzene rings is 7. The third-order valence-corrected chi connectivity index (χ3v) is 16.1. The maximum atomic E-state index is 5.57. The molecule has 0 saturated heterocycles. The molecule has 5 N–H and O–H groups in total. The molecule has 10 heteroatoms. The van der Waals surface area contributed by atoms with E-state index in [0.29, 0.717) is 0 Å². The minimum Gasteiger partial charge on any atom is -0.451 e. The molecule has 1 atom stereocenters. The minimum atomic E-state index is 0.224. The average Bonchev–Trinajstić information content (AvgIpc) is 4.24. The predicted octanol–water partition coefficient (Wildman–Crippen LogP) is 11.4. The van der Waals surface area contributed by atoms with Gasteiger partial charge >= 0.3 is 0 Å². The Kier molecular flexibility index (Phi) is 14.7. The van der Waals surface area contributed by atoms with Crippen LogP contribution in [0, 0.1) is 35.2 Å². The van der Waals surface area contributed by atoms with Gasteiger partial charge in [-0.15, -0.1) is 35.2 Å². The fourth-order valence-corrected chi connectivity index (χ4v) is 12.1. The van der Waals surface area contributed by atoms with E-state index < -0.39 is 0 Å². The normalized spacial score (nSPS) is 15.2. The van der Waals surface area contributed by atoms with Crippen LogP contribution in [-0.2, 0) is 12.8 Å². The van der Waals surface area contributed by atoms with E-state index in [4.69, 9.17) is 9.47 Å². The Hall–Kier alpha value is -7.77. The number of hydrogen-bond acceptors (Lipinski definition) is 5. The number of ether oxygens (including phenoxy) is 2. The summed E-state index contributed by atoms with van der Waals surface area (Å²) in [6, 6.07) is 64.2. The fourth-order valence-electron chi connectivity index (χ4n) is 10.2. The first-order chi connectivity index (χ1) is 36.8. The number of nitrogens with zero attached hydrogens (tertiary/aromatic N) is 1. The van der Waals surface area contributed by atoms with Gasteiger partial charge in [0.05, 0.1) is 6.20 Å². The Balaban J connectivity index is 0.000000101. The van der Waals surface area contributed by atoms with Gasteiger partial charge in [0.15, 0.2) is 32.9 Å². The molecule has 5 aliphatic rings. The number of para-hydroxylation sites is 9. The average molecular weight is 1020 g/mol. The van der Waals surface area contributed by atoms with Gasteiger partial charge in [-0.1, -0.05) is 108 Å². The van der Waals surface area contributed by atoms with Crippen molar-refractivity contribution >= 4 is 90.3 Å². The lowest BCUT2D eigenvalue weighted by atomic mass is 10.1. The second kappa shape index (κ2) is 22.4. The molecule has 7 aromatic carbocycles. The molecule has 0 bridgehead atoms. The SMILES string of the molecule is [CH2-][NH+]1c2ccccc2-c2ccccc21.[CH2-][NH+]1c2ccccc2-c2ccncc21.[CH2-][NH+]1c2ccccc2C=Cc2ccccc21.[CH2-][NH+]1c2ccccc2OCOc2ccccc21.[CH2-][NH+]1c2sccc2CCc2ccsc21. The Labute approximate surface area is 448 Å². The predicted molar refractivity (Wildman–Crippen MR) is 307 cm³/mol. The Bertz CT molecular complexity index is 3320. The number of aromatic nitrogens is 1. The molecular formula is C65H58N6O2S2. The number of nitrogens with one attached hydrogen (secondary N) is 5. The van der Waals surface area contributed by atoms with Crippen LogP contribution in [0.2, 0.25) is 0 Å². The first-order valence-electron chi connectivity index (χ1n) is 25.0. The molecule has 372 valence electrons. The quantitative estimate of drug-likeness (QED) is 0.0984. The maximum absolute atomic E-state index is 5.57. The van der Waals surface area contributed by atoms with Crippen LogP contribution in [0.4, 0.5) is 55.5 Å². The molecular weight excluding hydrogens is 961 g/mol. The third-order valence-electron chi connectivity index (χ3n) is 14.1. The van der Waals surface area contributed by atoms with Gasteiger partial charge in [0, 0.05) is 62.8 Å². The summed E-state index contributed by atoms with van der Waals surface area (Å²) in [5.41, 5.74) is 20.0. The van der Waals surface area contributed by atoms with Crippen LogP contribution in [0.3, 0.4) is 0 Å². The van der Waals surface area contributed by atoms with Gasteiger partial charge in [0.2, 0.25) is 6.79 Å². The first kappa shape index (κ1) is 49.4. The number of fused-ring (bicyclic) bond motifs is 12. The zero-order valence-electron chi connectivity index (χ0n) is 41.6. The van der Waals surface area contributed by atoms with Gasteiger partial charge in [0.25, 0.3) is 0 Å². The summed E-state index contributed by atoms with van der Waals surface area (Å²) in [4.78, 5) is 9.63. The standard InChI is InChI=1S/C15H13N.C14H13NO2.C13H11N.C12H10N2.C11H11NS2/c1-16-14-8-4-2-6-12(14)10-11-13-7-3-5-9-15(13)16;1-15-11-6-2-4-8-13(11)16-10-17-14-9-5-3-7-12(14)15;1-14-12-8-4-2-6-10(12)11-7-3-5-9-13(11)14;1-14-11-5-3-2-4-9(11)10-6-7-13-8-12(10)14;1-12-10-8(4-6-13-10)2-3-9-5-7-14-11(9)12/h2-11,16H,1H2;2-9,15H,1,10H2;2-9,14H,1H2;2-8,14H,1H2;4-7,12H,1-3H2. The van der Waals surface area contributed by atoms with Crippen molar-refractivity contribution in [3.63, 3.8) is 0 Å². The summed E-state index contributed by atoms with van der Waals surface area (Å²) in [7, 11) is 20.8. The van der Waals surface area contributed by atoms with Crippen LogP contribution in [0.15, 0.2) is 211 Å². The second-order valence-electron chi connectivity index (χ2n) is 18.4. The van der Waals surface area contributed by atoms with Crippen LogP contribution in [0.5, 0.6) is 11.5 Å². The van der Waals surface area contributed by atoms with Crippen LogP contribution < -0.4 is 34.0 Å². The van der Waals surface area contributed by atoms with Crippen LogP contribution in [0.25, 0.3) is 34.4 Å². The summed E-state index contributed by atoms with van der Waals surface area (Å²) in [6.07, 6.45) is 10.4. The highest BCUT2D eigenvalue weighted by molar-refractivity contribution is 7.15. The molecule has 75 heavy (non-hydrogen) atoms. The number of rotatable bonds is 0. The van der Waals surface area contributed by atoms with Crippen molar-refractivity contribution in [3.8, 4) is 33.8 Å². The van der Waals surface area contributed by atoms with E-state index in [1.165, 1.54) is 101 Å². The van der Waals surface area contributed by atoms with Crippen molar-refractivity contribution in [1.29, 1.82) is 0 Å². The number of thiophene rings is 2. The van der Waals surface area contributed by atoms with Gasteiger partial charge in [0.1, 0.15) is 34.1 Å². The number of quaternary nitrogens is 5. The summed E-state index contributed by atoms with van der Waals surface area (Å²) in [6.45, 7) is 0.224. The van der Waals surface area contributed by atoms with Crippen LogP contribution in [-0.4, -0.2) is 11.8 Å². The highest BCUT2D eigenvalue weighted by atomic mass is 32.1. The summed E-state index contributed by atoms with van der Waals surface area (Å²) >= 11 is 3.64. The monoisotopic (exact) mass is 1020 g/mol. The molecule has 3 aromatic heterocycles. The van der Waals surface area contributed by atoms with E-state index in [2.05, 4.69) is 191 Å². The second-order valence-corrected chi connectivity index (χ2v) is 20.2. The van der Waals surface area contributed by atoms with Crippen molar-refractivity contribution in [3.05, 3.63) is 269 Å². The third kappa shape index (κ3) is 10.1. The Morgan fingerprint density at radius 1 is 0.360 bits per heavy atom. The lowest BCUT2D eigenvalue weighted by molar-refractivity contribution is -0.706. The first-order valence-corrected chi connectivity index (χ1v) is 26.7. The smallest absolute Gasteiger partial charge is 0.231 e. The van der Waals surface area contributed by atoms with Crippen molar-refractivity contribution in [2.24, 2.45) is 0 Å². The van der Waals surface area contributed by atoms with E-state index in [9.17, 15) is 0 Å². The molecule has 0 spiro atoms. The van der Waals surface area contributed by atoms with Crippen molar-refractivity contribution in [1.82, 2.24) is 4.98 Å².